The van der Waals surface area contributed by atoms with E-state index in [0.717, 1.165) is 25.7 Å². The smallest absolute Gasteiger partial charge is 0.312 e. The maximum Gasteiger partial charge on any atom is 0.312 e. The Morgan fingerprint density at radius 3 is 1.32 bits per heavy atom. The average Bonchev–Trinajstić information content (AvgIpc) is 2.94. The molecule has 0 rings (SSSR count). The zero-order valence-corrected chi connectivity index (χ0v) is 26.9. The lowest BCUT2D eigenvalue weighted by Gasteiger charge is -2.44. The molecule has 7 nitrogen and oxygen atoms in total. The first-order valence-corrected chi connectivity index (χ1v) is 16.8. The zero-order chi connectivity index (χ0) is 30.9. The van der Waals surface area contributed by atoms with E-state index < -0.39 is 35.7 Å². The minimum Gasteiger partial charge on any atom is -0.550 e. The van der Waals surface area contributed by atoms with E-state index in [0.29, 0.717) is 25.8 Å². The molecule has 0 bridgehead atoms. The summed E-state index contributed by atoms with van der Waals surface area (Å²) >= 11 is 0. The highest BCUT2D eigenvalue weighted by Crippen LogP contribution is 2.25. The number of carboxylic acids is 3. The molecule has 0 saturated carbocycles. The van der Waals surface area contributed by atoms with E-state index in [1.807, 2.05) is 13.8 Å². The van der Waals surface area contributed by atoms with Crippen LogP contribution in [0.2, 0.25) is 0 Å². The molecule has 0 amide bonds. The van der Waals surface area contributed by atoms with Gasteiger partial charge in [0.2, 0.25) is 0 Å². The summed E-state index contributed by atoms with van der Waals surface area (Å²) in [7, 11) is 0. The largest absolute Gasteiger partial charge is 0.550 e. The number of carbonyl (C=O) groups is 3. The van der Waals surface area contributed by atoms with Crippen molar-refractivity contribution in [1.29, 1.82) is 0 Å². The number of quaternary nitrogens is 1. The van der Waals surface area contributed by atoms with Gasteiger partial charge in [-0.1, -0.05) is 104 Å². The van der Waals surface area contributed by atoms with Crippen molar-refractivity contribution in [2.75, 3.05) is 26.2 Å². The predicted octanol–water partition coefficient (Wildman–Crippen LogP) is 7.23. The van der Waals surface area contributed by atoms with E-state index >= 15 is 0 Å². The summed E-state index contributed by atoms with van der Waals surface area (Å²) in [5.41, 5.74) is 0. The van der Waals surface area contributed by atoms with Gasteiger partial charge in [0.05, 0.1) is 32.1 Å². The fourth-order valence-electron chi connectivity index (χ4n) is 5.91. The van der Waals surface area contributed by atoms with Gasteiger partial charge in [-0.2, -0.15) is 0 Å². The monoisotopic (exact) mass is 581 g/mol. The van der Waals surface area contributed by atoms with Gasteiger partial charge in [0.1, 0.15) is 11.8 Å². The first kappa shape index (κ1) is 39.1. The molecule has 0 aliphatic rings. The van der Waals surface area contributed by atoms with Crippen LogP contribution >= 0.6 is 0 Å². The Labute approximate surface area is 251 Å². The highest BCUT2D eigenvalue weighted by Gasteiger charge is 2.39. The van der Waals surface area contributed by atoms with E-state index in [9.17, 15) is 29.7 Å². The number of hydrogen-bond donors (Lipinski definition) is 2. The van der Waals surface area contributed by atoms with Crippen molar-refractivity contribution in [2.24, 2.45) is 17.8 Å². The lowest BCUT2D eigenvalue weighted by molar-refractivity contribution is -0.935. The molecular weight excluding hydrogens is 518 g/mol. The fraction of sp³-hybridized carbons (Fsp3) is 0.853. The zero-order valence-electron chi connectivity index (χ0n) is 26.9. The number of nitrogens with zero attached hydrogens (tertiary/aromatic N) is 1. The second kappa shape index (κ2) is 24.7. The number of rotatable bonds is 29. The van der Waals surface area contributed by atoms with Crippen LogP contribution in [0.15, 0.2) is 12.2 Å². The summed E-state index contributed by atoms with van der Waals surface area (Å²) < 4.78 is 0.199. The number of carbonyl (C=O) groups excluding carboxylic acids is 1. The minimum absolute atomic E-state index is 0.199. The molecule has 0 radical (unpaired) electrons. The highest BCUT2D eigenvalue weighted by molar-refractivity contribution is 5.70. The van der Waals surface area contributed by atoms with E-state index in [1.54, 1.807) is 6.92 Å². The molecule has 0 fully saturated rings. The molecule has 41 heavy (non-hydrogen) atoms. The number of aliphatic carboxylic acids is 3. The van der Waals surface area contributed by atoms with Gasteiger partial charge < -0.3 is 24.6 Å². The van der Waals surface area contributed by atoms with Gasteiger partial charge in [0.15, 0.2) is 0 Å². The third kappa shape index (κ3) is 19.0. The summed E-state index contributed by atoms with van der Waals surface area (Å²) in [6, 6.07) is 0. The lowest BCUT2D eigenvalue weighted by atomic mass is 9.95. The minimum atomic E-state index is -1.15. The molecule has 0 aliphatic heterocycles. The lowest BCUT2D eigenvalue weighted by Crippen LogP contribution is -2.59. The Kier molecular flexibility index (Phi) is 23.5. The van der Waals surface area contributed by atoms with Crippen LogP contribution in [0.1, 0.15) is 143 Å². The normalized spacial score (nSPS) is 15.4. The van der Waals surface area contributed by atoms with Gasteiger partial charge in [0.25, 0.3) is 0 Å². The Hall–Kier alpha value is -1.89. The van der Waals surface area contributed by atoms with E-state index in [-0.39, 0.29) is 24.1 Å². The summed E-state index contributed by atoms with van der Waals surface area (Å²) in [4.78, 5) is 35.8. The fourth-order valence-corrected chi connectivity index (χ4v) is 5.91. The van der Waals surface area contributed by atoms with Crippen molar-refractivity contribution in [3.63, 3.8) is 0 Å². The molecule has 0 aromatic rings. The molecule has 0 saturated heterocycles. The van der Waals surface area contributed by atoms with Gasteiger partial charge in [-0.15, -0.1) is 0 Å². The van der Waals surface area contributed by atoms with Crippen molar-refractivity contribution in [2.45, 2.75) is 143 Å². The van der Waals surface area contributed by atoms with Crippen LogP contribution in [0.5, 0.6) is 0 Å². The van der Waals surface area contributed by atoms with Crippen molar-refractivity contribution < 1.29 is 34.2 Å². The molecule has 7 heteroatoms. The van der Waals surface area contributed by atoms with Crippen LogP contribution in [-0.4, -0.2) is 58.8 Å². The average molecular weight is 582 g/mol. The van der Waals surface area contributed by atoms with Crippen molar-refractivity contribution in [3.8, 4) is 0 Å². The van der Waals surface area contributed by atoms with Gasteiger partial charge in [-0.05, 0) is 51.4 Å². The summed E-state index contributed by atoms with van der Waals surface area (Å²) in [5.74, 6) is -5.00. The van der Waals surface area contributed by atoms with E-state index in [4.69, 9.17) is 0 Å². The summed E-state index contributed by atoms with van der Waals surface area (Å²) in [6.45, 7) is 8.95. The molecular formula is C34H63NO6. The molecule has 0 spiro atoms. The van der Waals surface area contributed by atoms with Gasteiger partial charge in [-0.25, -0.2) is 0 Å². The maximum atomic E-state index is 12.0. The van der Waals surface area contributed by atoms with E-state index in [1.165, 1.54) is 70.6 Å². The molecule has 2 N–H and O–H groups in total. The second-order valence-electron chi connectivity index (χ2n) is 12.2. The third-order valence-corrected chi connectivity index (χ3v) is 8.73. The van der Waals surface area contributed by atoms with Crippen LogP contribution in [0.3, 0.4) is 0 Å². The number of carboxylic acid groups (broad SMARTS) is 3. The molecule has 0 aliphatic carbocycles. The number of allylic oxidation sites excluding steroid dienone is 2. The maximum absolute atomic E-state index is 12.0. The quantitative estimate of drug-likeness (QED) is 0.0547. The van der Waals surface area contributed by atoms with Crippen LogP contribution in [0.4, 0.5) is 0 Å². The van der Waals surface area contributed by atoms with Gasteiger partial charge in [-0.3, -0.25) is 9.59 Å². The Bertz CT molecular complexity index is 662. The highest BCUT2D eigenvalue weighted by atomic mass is 16.4. The van der Waals surface area contributed by atoms with Crippen LogP contribution in [0, 0.1) is 17.8 Å². The number of unbranched alkanes of at least 4 members (excludes halogenated alkanes) is 13. The third-order valence-electron chi connectivity index (χ3n) is 8.73. The van der Waals surface area contributed by atoms with Gasteiger partial charge in [0, 0.05) is 5.92 Å². The molecule has 3 unspecified atom stereocenters. The molecule has 3 atom stereocenters. The topological polar surface area (TPSA) is 115 Å². The Morgan fingerprint density at radius 2 is 0.951 bits per heavy atom. The summed E-state index contributed by atoms with van der Waals surface area (Å²) in [6.07, 6.45) is 24.1. The van der Waals surface area contributed by atoms with Crippen molar-refractivity contribution >= 4 is 17.9 Å². The molecule has 0 heterocycles. The van der Waals surface area contributed by atoms with Crippen molar-refractivity contribution in [3.05, 3.63) is 12.2 Å². The van der Waals surface area contributed by atoms with Gasteiger partial charge >= 0.3 is 11.9 Å². The van der Waals surface area contributed by atoms with Crippen LogP contribution < -0.4 is 5.11 Å². The Balaban J connectivity index is 4.85. The standard InChI is InChI=1S/C34H63NO6/c1-5-9-10-11-12-13-14-15-16-17-18-19-20-21-22-23-24-25-35(26-29(6-2)32(36)37,27-30(7-3)33(38)39)28-31(8-4)34(40)41/h20-21,29-31H,5-19,22-28H2,1-4H3,(H2-,36,37,38,39,40,41)/b21-20+. The Morgan fingerprint density at radius 1 is 0.585 bits per heavy atom. The SMILES string of the molecule is CCCCCCCCCCCCC/C=C/CCCC[N+](CC(CC)C(=O)[O-])(CC(CC)C(=O)O)CC(CC)C(=O)O. The first-order valence-electron chi connectivity index (χ1n) is 16.8. The number of hydrogen-bond acceptors (Lipinski definition) is 4. The molecule has 0 aromatic heterocycles. The van der Waals surface area contributed by atoms with Crippen LogP contribution in [0.25, 0.3) is 0 Å². The van der Waals surface area contributed by atoms with E-state index in [2.05, 4.69) is 19.1 Å². The van der Waals surface area contributed by atoms with Crippen molar-refractivity contribution in [1.82, 2.24) is 0 Å². The summed E-state index contributed by atoms with van der Waals surface area (Å²) in [5, 5.41) is 31.4. The molecule has 0 aromatic carbocycles. The second-order valence-corrected chi connectivity index (χ2v) is 12.2. The van der Waals surface area contributed by atoms with Crippen LogP contribution in [-0.2, 0) is 14.4 Å². The first-order chi connectivity index (χ1) is 19.7. The predicted molar refractivity (Wildman–Crippen MR) is 165 cm³/mol. The molecule has 240 valence electrons.